The highest BCUT2D eigenvalue weighted by molar-refractivity contribution is 5.92. The second kappa shape index (κ2) is 8.94. The van der Waals surface area contributed by atoms with E-state index in [0.29, 0.717) is 6.42 Å². The van der Waals surface area contributed by atoms with Crippen LogP contribution in [-0.4, -0.2) is 30.4 Å². The highest BCUT2D eigenvalue weighted by atomic mass is 16.1. The van der Waals surface area contributed by atoms with Crippen LogP contribution in [0.15, 0.2) is 18.2 Å². The maximum Gasteiger partial charge on any atom is 0.225 e. The first-order chi connectivity index (χ1) is 10.7. The predicted octanol–water partition coefficient (Wildman–Crippen LogP) is 4.02. The van der Waals surface area contributed by atoms with Crippen LogP contribution in [-0.2, 0) is 17.6 Å². The van der Waals surface area contributed by atoms with Crippen LogP contribution in [0, 0.1) is 0 Å². The van der Waals surface area contributed by atoms with E-state index in [1.807, 2.05) is 0 Å². The van der Waals surface area contributed by atoms with E-state index in [2.05, 4.69) is 42.3 Å². The lowest BCUT2D eigenvalue weighted by Crippen LogP contribution is -2.29. The summed E-state index contributed by atoms with van der Waals surface area (Å²) in [7, 11) is 0. The summed E-state index contributed by atoms with van der Waals surface area (Å²) in [6, 6.07) is 6.32. The molecule has 0 aromatic heterocycles. The molecule has 1 aliphatic heterocycles. The Kier molecular flexibility index (Phi) is 6.91. The van der Waals surface area contributed by atoms with Gasteiger partial charge >= 0.3 is 0 Å². The molecule has 3 nitrogen and oxygen atoms in total. The van der Waals surface area contributed by atoms with Gasteiger partial charge in [-0.2, -0.15) is 0 Å². The molecule has 1 N–H and O–H groups in total. The number of carbonyl (C=O) groups is 1. The van der Waals surface area contributed by atoms with Crippen molar-refractivity contribution in [2.75, 3.05) is 25.0 Å². The first kappa shape index (κ1) is 17.0. The largest absolute Gasteiger partial charge is 0.326 e. The van der Waals surface area contributed by atoms with Gasteiger partial charge in [0.2, 0.25) is 5.91 Å². The first-order valence-electron chi connectivity index (χ1n) is 8.87. The summed E-state index contributed by atoms with van der Waals surface area (Å²) < 4.78 is 0. The van der Waals surface area contributed by atoms with E-state index in [0.717, 1.165) is 38.2 Å². The zero-order valence-electron chi connectivity index (χ0n) is 14.2. The average Bonchev–Trinajstić information content (AvgIpc) is 2.82. The van der Waals surface area contributed by atoms with Crippen LogP contribution >= 0.6 is 0 Å². The third-order valence-electron chi connectivity index (χ3n) is 4.62. The Bertz CT molecular complexity index is 454. The Hall–Kier alpha value is -1.35. The molecule has 0 aliphatic carbocycles. The Morgan fingerprint density at radius 2 is 1.64 bits per heavy atom. The summed E-state index contributed by atoms with van der Waals surface area (Å²) in [6.45, 7) is 7.48. The predicted molar refractivity (Wildman–Crippen MR) is 93.4 cm³/mol. The molecule has 122 valence electrons. The van der Waals surface area contributed by atoms with Crippen molar-refractivity contribution in [1.82, 2.24) is 4.90 Å². The first-order valence-corrected chi connectivity index (χ1v) is 8.87. The maximum atomic E-state index is 12.3. The van der Waals surface area contributed by atoms with Gasteiger partial charge in [0, 0.05) is 18.7 Å². The topological polar surface area (TPSA) is 32.3 Å². The summed E-state index contributed by atoms with van der Waals surface area (Å²) in [5, 5.41) is 3.17. The van der Waals surface area contributed by atoms with E-state index in [1.165, 1.54) is 36.8 Å². The van der Waals surface area contributed by atoms with Gasteiger partial charge in [-0.1, -0.05) is 44.9 Å². The number of anilines is 1. The van der Waals surface area contributed by atoms with Crippen molar-refractivity contribution < 1.29 is 4.79 Å². The van der Waals surface area contributed by atoms with E-state index in [-0.39, 0.29) is 5.91 Å². The lowest BCUT2D eigenvalue weighted by Gasteiger charge is -2.20. The molecule has 2 rings (SSSR count). The lowest BCUT2D eigenvalue weighted by atomic mass is 10.0. The number of para-hydroxylation sites is 1. The van der Waals surface area contributed by atoms with Crippen LogP contribution in [0.4, 0.5) is 5.69 Å². The van der Waals surface area contributed by atoms with Crippen molar-refractivity contribution >= 4 is 11.6 Å². The fraction of sp³-hybridized carbons (Fsp3) is 0.632. The summed E-state index contributed by atoms with van der Waals surface area (Å²) in [5.74, 6) is 0.153. The second-order valence-electron chi connectivity index (χ2n) is 6.21. The van der Waals surface area contributed by atoms with Crippen molar-refractivity contribution in [2.24, 2.45) is 0 Å². The fourth-order valence-corrected chi connectivity index (χ4v) is 3.22. The van der Waals surface area contributed by atoms with Crippen molar-refractivity contribution in [3.8, 4) is 0 Å². The van der Waals surface area contributed by atoms with E-state index < -0.39 is 0 Å². The number of hydrogen-bond acceptors (Lipinski definition) is 2. The number of benzene rings is 1. The monoisotopic (exact) mass is 302 g/mol. The van der Waals surface area contributed by atoms with Crippen LogP contribution < -0.4 is 5.32 Å². The summed E-state index contributed by atoms with van der Waals surface area (Å²) in [4.78, 5) is 14.8. The Morgan fingerprint density at radius 3 is 2.18 bits per heavy atom. The smallest absolute Gasteiger partial charge is 0.225 e. The maximum absolute atomic E-state index is 12.3. The Morgan fingerprint density at radius 1 is 1.05 bits per heavy atom. The van der Waals surface area contributed by atoms with Crippen LogP contribution in [0.1, 0.15) is 57.1 Å². The molecule has 0 unspecified atom stereocenters. The Balaban J connectivity index is 1.91. The van der Waals surface area contributed by atoms with Gasteiger partial charge < -0.3 is 10.2 Å². The van der Waals surface area contributed by atoms with Crippen molar-refractivity contribution in [3.05, 3.63) is 29.3 Å². The summed E-state index contributed by atoms with van der Waals surface area (Å²) in [5.41, 5.74) is 3.53. The van der Waals surface area contributed by atoms with Crippen molar-refractivity contribution in [1.29, 1.82) is 0 Å². The number of hydrogen-bond donors (Lipinski definition) is 1. The molecule has 3 heteroatoms. The normalized spacial score (nSPS) is 16.3. The number of carbonyl (C=O) groups excluding carboxylic acids is 1. The minimum atomic E-state index is 0.153. The number of aryl methyl sites for hydroxylation is 2. The van der Waals surface area contributed by atoms with Gasteiger partial charge in [-0.25, -0.2) is 0 Å². The van der Waals surface area contributed by atoms with Gasteiger partial charge in [0.1, 0.15) is 0 Å². The van der Waals surface area contributed by atoms with Crippen LogP contribution in [0.3, 0.4) is 0 Å². The Labute approximate surface area is 135 Å². The second-order valence-corrected chi connectivity index (χ2v) is 6.21. The highest BCUT2D eigenvalue weighted by Gasteiger charge is 2.13. The third kappa shape index (κ3) is 4.84. The molecule has 1 aliphatic rings. The standard InChI is InChI=1S/C19H30N2O/c1-3-16-10-9-11-17(4-2)19(16)20-18(22)12-15-21-13-7-5-6-8-14-21/h9-11H,3-8,12-15H2,1-2H3,(H,20,22). The minimum absolute atomic E-state index is 0.153. The molecule has 22 heavy (non-hydrogen) atoms. The van der Waals surface area contributed by atoms with Gasteiger partial charge in [-0.05, 0) is 49.9 Å². The summed E-state index contributed by atoms with van der Waals surface area (Å²) >= 11 is 0. The third-order valence-corrected chi connectivity index (χ3v) is 4.62. The molecule has 1 fully saturated rings. The van der Waals surface area contributed by atoms with Gasteiger partial charge in [0.25, 0.3) is 0 Å². The fourth-order valence-electron chi connectivity index (χ4n) is 3.22. The van der Waals surface area contributed by atoms with Crippen LogP contribution in [0.2, 0.25) is 0 Å². The van der Waals surface area contributed by atoms with E-state index in [1.54, 1.807) is 0 Å². The molecule has 0 saturated carbocycles. The summed E-state index contributed by atoms with van der Waals surface area (Å²) in [6.07, 6.45) is 7.74. The minimum Gasteiger partial charge on any atom is -0.326 e. The zero-order chi connectivity index (χ0) is 15.8. The van der Waals surface area contributed by atoms with Gasteiger partial charge in [-0.15, -0.1) is 0 Å². The highest BCUT2D eigenvalue weighted by Crippen LogP contribution is 2.22. The number of nitrogens with one attached hydrogen (secondary N) is 1. The quantitative estimate of drug-likeness (QED) is 0.861. The molecule has 0 bridgehead atoms. The molecule has 0 atom stereocenters. The average molecular weight is 302 g/mol. The lowest BCUT2D eigenvalue weighted by molar-refractivity contribution is -0.116. The molecule has 0 spiro atoms. The SMILES string of the molecule is CCc1cccc(CC)c1NC(=O)CCN1CCCCCC1. The molecular weight excluding hydrogens is 272 g/mol. The number of amides is 1. The zero-order valence-corrected chi connectivity index (χ0v) is 14.2. The van der Waals surface area contributed by atoms with E-state index in [9.17, 15) is 4.79 Å². The van der Waals surface area contributed by atoms with E-state index in [4.69, 9.17) is 0 Å². The van der Waals surface area contributed by atoms with Gasteiger partial charge in [0.15, 0.2) is 0 Å². The van der Waals surface area contributed by atoms with Crippen molar-refractivity contribution in [2.45, 2.75) is 58.8 Å². The van der Waals surface area contributed by atoms with Crippen LogP contribution in [0.5, 0.6) is 0 Å². The van der Waals surface area contributed by atoms with Crippen LogP contribution in [0.25, 0.3) is 0 Å². The van der Waals surface area contributed by atoms with E-state index >= 15 is 0 Å². The van der Waals surface area contributed by atoms with Crippen molar-refractivity contribution in [3.63, 3.8) is 0 Å². The number of likely N-dealkylation sites (tertiary alicyclic amines) is 1. The molecule has 1 aromatic rings. The van der Waals surface area contributed by atoms with Gasteiger partial charge in [-0.3, -0.25) is 4.79 Å². The van der Waals surface area contributed by atoms with Gasteiger partial charge in [0.05, 0.1) is 0 Å². The molecular formula is C19H30N2O. The number of rotatable bonds is 6. The molecule has 1 amide bonds. The number of nitrogens with zero attached hydrogens (tertiary/aromatic N) is 1. The molecule has 1 heterocycles. The molecule has 1 aromatic carbocycles. The molecule has 0 radical (unpaired) electrons. The molecule has 1 saturated heterocycles.